The third kappa shape index (κ3) is 5.67. The zero-order valence-electron chi connectivity index (χ0n) is 15.2. The summed E-state index contributed by atoms with van der Waals surface area (Å²) < 4.78 is 21.8. The van der Waals surface area contributed by atoms with E-state index in [9.17, 15) is 30.6 Å². The van der Waals surface area contributed by atoms with Gasteiger partial charge in [-0.25, -0.2) is 0 Å². The van der Waals surface area contributed by atoms with Gasteiger partial charge >= 0.3 is 0 Å². The Morgan fingerprint density at radius 1 is 0.963 bits per heavy atom. The molecule has 0 amide bonds. The zero-order chi connectivity index (χ0) is 20.0. The molecule has 6 N–H and O–H groups in total. The molecule has 0 aromatic carbocycles. The van der Waals surface area contributed by atoms with Crippen molar-refractivity contribution in [3.63, 3.8) is 0 Å². The van der Waals surface area contributed by atoms with Crippen LogP contribution in [0.4, 0.5) is 0 Å². The topological polar surface area (TPSA) is 158 Å². The van der Waals surface area contributed by atoms with Crippen molar-refractivity contribution in [3.8, 4) is 0 Å². The summed E-state index contributed by atoms with van der Waals surface area (Å²) in [5, 5.41) is 59.1. The smallest absolute Gasteiger partial charge is 0.187 e. The Labute approximate surface area is 157 Å². The van der Waals surface area contributed by atoms with Crippen molar-refractivity contribution in [1.82, 2.24) is 0 Å². The van der Waals surface area contributed by atoms with Gasteiger partial charge in [0.1, 0.15) is 42.7 Å². The molecule has 27 heavy (non-hydrogen) atoms. The number of hydrogen-bond acceptors (Lipinski definition) is 10. The van der Waals surface area contributed by atoms with E-state index in [1.807, 2.05) is 19.1 Å². The Hall–Kier alpha value is -0.660. The van der Waals surface area contributed by atoms with E-state index < -0.39 is 61.9 Å². The van der Waals surface area contributed by atoms with E-state index >= 15 is 0 Å². The molecule has 0 unspecified atom stereocenters. The van der Waals surface area contributed by atoms with Crippen molar-refractivity contribution >= 4 is 0 Å². The predicted molar refractivity (Wildman–Crippen MR) is 90.4 cm³/mol. The van der Waals surface area contributed by atoms with Crippen LogP contribution >= 0.6 is 0 Å². The van der Waals surface area contributed by atoms with Crippen LogP contribution in [0.25, 0.3) is 0 Å². The quantitative estimate of drug-likeness (QED) is 0.194. The summed E-state index contributed by atoms with van der Waals surface area (Å²) in [4.78, 5) is 0. The highest BCUT2D eigenvalue weighted by atomic mass is 16.7. The van der Waals surface area contributed by atoms with Gasteiger partial charge in [-0.1, -0.05) is 19.1 Å². The highest BCUT2D eigenvalue weighted by Crippen LogP contribution is 2.28. The van der Waals surface area contributed by atoms with Crippen LogP contribution in [-0.4, -0.2) is 106 Å². The van der Waals surface area contributed by atoms with Crippen molar-refractivity contribution in [1.29, 1.82) is 0 Å². The van der Waals surface area contributed by atoms with E-state index in [1.54, 1.807) is 0 Å². The molecule has 2 aliphatic heterocycles. The van der Waals surface area contributed by atoms with Gasteiger partial charge in [0.05, 0.1) is 19.8 Å². The minimum absolute atomic E-state index is 0.234. The normalized spacial score (nSPS) is 43.3. The highest BCUT2D eigenvalue weighted by molar-refractivity contribution is 4.92. The van der Waals surface area contributed by atoms with E-state index in [0.29, 0.717) is 6.42 Å². The van der Waals surface area contributed by atoms with Gasteiger partial charge in [0.2, 0.25) is 0 Å². The van der Waals surface area contributed by atoms with Gasteiger partial charge in [-0.15, -0.1) is 0 Å². The number of ether oxygens (including phenoxy) is 4. The molecule has 2 saturated heterocycles. The summed E-state index contributed by atoms with van der Waals surface area (Å²) in [6.45, 7) is 1.42. The van der Waals surface area contributed by atoms with Crippen LogP contribution in [0.15, 0.2) is 12.2 Å². The Morgan fingerprint density at radius 3 is 2.37 bits per heavy atom. The van der Waals surface area contributed by atoms with Gasteiger partial charge in [-0.3, -0.25) is 0 Å². The molecular formula is C17H30O10. The van der Waals surface area contributed by atoms with Gasteiger partial charge in [-0.2, -0.15) is 0 Å². The van der Waals surface area contributed by atoms with Crippen molar-refractivity contribution < 1.29 is 49.6 Å². The molecule has 2 heterocycles. The van der Waals surface area contributed by atoms with Crippen LogP contribution in [0.3, 0.4) is 0 Å². The molecule has 10 nitrogen and oxygen atoms in total. The van der Waals surface area contributed by atoms with Gasteiger partial charge in [0.25, 0.3) is 0 Å². The maximum Gasteiger partial charge on any atom is 0.187 e. The first kappa shape index (κ1) is 22.6. The number of rotatable bonds is 8. The second-order valence-electron chi connectivity index (χ2n) is 6.60. The Balaban J connectivity index is 2.04. The van der Waals surface area contributed by atoms with Gasteiger partial charge in [0, 0.05) is 0 Å². The van der Waals surface area contributed by atoms with E-state index in [-0.39, 0.29) is 13.2 Å². The summed E-state index contributed by atoms with van der Waals surface area (Å²) in [6, 6.07) is 0. The first-order valence-electron chi connectivity index (χ1n) is 9.11. The molecule has 2 fully saturated rings. The van der Waals surface area contributed by atoms with Crippen molar-refractivity contribution in [2.45, 2.75) is 75.1 Å². The predicted octanol–water partition coefficient (Wildman–Crippen LogP) is -2.38. The van der Waals surface area contributed by atoms with Crippen LogP contribution in [0.5, 0.6) is 0 Å². The lowest BCUT2D eigenvalue weighted by molar-refractivity contribution is -0.356. The largest absolute Gasteiger partial charge is 0.394 e. The van der Waals surface area contributed by atoms with Crippen molar-refractivity contribution in [2.75, 3.05) is 19.8 Å². The molecule has 2 rings (SSSR count). The molecule has 158 valence electrons. The number of aliphatic hydroxyl groups excluding tert-OH is 6. The first-order valence-corrected chi connectivity index (χ1v) is 9.11. The molecule has 0 aliphatic carbocycles. The highest BCUT2D eigenvalue weighted by Gasteiger charge is 2.49. The first-order chi connectivity index (χ1) is 12.9. The molecule has 2 aliphatic rings. The summed E-state index contributed by atoms with van der Waals surface area (Å²) >= 11 is 0. The fourth-order valence-electron chi connectivity index (χ4n) is 2.93. The average Bonchev–Trinajstić information content (AvgIpc) is 2.66. The van der Waals surface area contributed by atoms with Gasteiger partial charge in [-0.05, 0) is 12.8 Å². The van der Waals surface area contributed by atoms with Gasteiger partial charge in [0.15, 0.2) is 12.6 Å². The fourth-order valence-corrected chi connectivity index (χ4v) is 2.93. The summed E-state index contributed by atoms with van der Waals surface area (Å²) in [5.74, 6) is 0. The molecule has 9 atom stereocenters. The van der Waals surface area contributed by atoms with Gasteiger partial charge < -0.3 is 49.6 Å². The number of hydrogen-bond donors (Lipinski definition) is 6. The lowest BCUT2D eigenvalue weighted by Crippen LogP contribution is -2.63. The van der Waals surface area contributed by atoms with E-state index in [2.05, 4.69) is 0 Å². The van der Waals surface area contributed by atoms with Crippen LogP contribution in [-0.2, 0) is 18.9 Å². The van der Waals surface area contributed by atoms with Crippen molar-refractivity contribution in [2.24, 2.45) is 0 Å². The summed E-state index contributed by atoms with van der Waals surface area (Å²) in [6.07, 6.45) is -6.75. The van der Waals surface area contributed by atoms with Crippen LogP contribution in [0, 0.1) is 0 Å². The van der Waals surface area contributed by atoms with Crippen LogP contribution in [0.2, 0.25) is 0 Å². The Bertz CT molecular complexity index is 461. The minimum atomic E-state index is -1.57. The third-order valence-electron chi connectivity index (χ3n) is 4.54. The van der Waals surface area contributed by atoms with E-state index in [1.165, 1.54) is 0 Å². The maximum absolute atomic E-state index is 10.4. The Morgan fingerprint density at radius 2 is 1.70 bits per heavy atom. The molecule has 0 aromatic heterocycles. The maximum atomic E-state index is 10.4. The molecule has 0 radical (unpaired) electrons. The number of allylic oxidation sites excluding steroid dienone is 1. The van der Waals surface area contributed by atoms with E-state index in [4.69, 9.17) is 18.9 Å². The van der Waals surface area contributed by atoms with Crippen LogP contribution < -0.4 is 0 Å². The molecule has 0 aromatic rings. The molecule has 10 heteroatoms. The SMILES string of the molecule is CC/C=C\CCO[C@@H]1O[C@H](CO)[C@@H](O)[C@H](O)[C@H]1O[C@@H]1OC[C@@H](O)[C@H](O)[C@H]1O. The molecule has 0 spiro atoms. The minimum Gasteiger partial charge on any atom is -0.394 e. The molecule has 0 saturated carbocycles. The summed E-state index contributed by atoms with van der Waals surface area (Å²) in [5.41, 5.74) is 0. The molecule has 0 bridgehead atoms. The van der Waals surface area contributed by atoms with Crippen molar-refractivity contribution in [3.05, 3.63) is 12.2 Å². The standard InChI is InChI=1S/C17H30O10/c1-2-3-4-5-6-24-17-15(13(22)12(21)10(7-18)26-17)27-16-14(23)11(20)9(19)8-25-16/h3-4,9-23H,2,5-8H2,1H3/b4-3-/t9-,10-,11+,12-,13+,14-,15-,16+,17-/m1/s1. The fraction of sp³-hybridized carbons (Fsp3) is 0.882. The third-order valence-corrected chi connectivity index (χ3v) is 4.54. The monoisotopic (exact) mass is 394 g/mol. The zero-order valence-corrected chi connectivity index (χ0v) is 15.2. The second-order valence-corrected chi connectivity index (χ2v) is 6.60. The molecular weight excluding hydrogens is 364 g/mol. The lowest BCUT2D eigenvalue weighted by Gasteiger charge is -2.44. The second kappa shape index (κ2) is 10.8. The summed E-state index contributed by atoms with van der Waals surface area (Å²) in [7, 11) is 0. The number of aliphatic hydroxyl groups is 6. The van der Waals surface area contributed by atoms with Crippen LogP contribution in [0.1, 0.15) is 19.8 Å². The lowest BCUT2D eigenvalue weighted by atomic mass is 9.98. The van der Waals surface area contributed by atoms with E-state index in [0.717, 1.165) is 6.42 Å². The average molecular weight is 394 g/mol. The Kier molecular flexibility index (Phi) is 9.02.